The Morgan fingerprint density at radius 3 is 2.76 bits per heavy atom. The molecule has 0 atom stereocenters. The highest BCUT2D eigenvalue weighted by Gasteiger charge is 2.16. The average molecular weight is 254 g/mol. The van der Waals surface area contributed by atoms with Crippen LogP contribution in [0.4, 0.5) is 4.39 Å². The van der Waals surface area contributed by atoms with E-state index >= 15 is 0 Å². The third kappa shape index (κ3) is 3.44. The van der Waals surface area contributed by atoms with Crippen molar-refractivity contribution in [2.45, 2.75) is 4.90 Å². The van der Waals surface area contributed by atoms with Crippen molar-refractivity contribution in [1.29, 1.82) is 0 Å². The number of carbonyl (C=O) groups excluding carboxylic acids is 1. The van der Waals surface area contributed by atoms with Gasteiger partial charge >= 0.3 is 0 Å². The second kappa shape index (κ2) is 6.02. The summed E-state index contributed by atoms with van der Waals surface area (Å²) in [6.45, 7) is 3.18. The predicted octanol–water partition coefficient (Wildman–Crippen LogP) is 1.35. The molecule has 1 aromatic rings. The molecule has 2 rings (SSSR count). The van der Waals surface area contributed by atoms with Crippen molar-refractivity contribution in [3.8, 4) is 0 Å². The molecule has 92 valence electrons. The topological polar surface area (TPSA) is 32.3 Å². The van der Waals surface area contributed by atoms with Gasteiger partial charge in [-0.05, 0) is 12.1 Å². The molecule has 1 amide bonds. The average Bonchev–Trinajstić information content (AvgIpc) is 2.38. The number of nitrogens with one attached hydrogen (secondary N) is 1. The van der Waals surface area contributed by atoms with E-state index in [-0.39, 0.29) is 11.7 Å². The molecule has 0 saturated carbocycles. The van der Waals surface area contributed by atoms with Crippen LogP contribution < -0.4 is 5.32 Å². The minimum atomic E-state index is -0.259. The van der Waals surface area contributed by atoms with E-state index in [1.165, 1.54) is 17.8 Å². The summed E-state index contributed by atoms with van der Waals surface area (Å²) in [4.78, 5) is 14.2. The summed E-state index contributed by atoms with van der Waals surface area (Å²) < 4.78 is 13.3. The van der Waals surface area contributed by atoms with Crippen LogP contribution in [-0.2, 0) is 4.79 Å². The van der Waals surface area contributed by atoms with Crippen molar-refractivity contribution >= 4 is 17.7 Å². The summed E-state index contributed by atoms with van der Waals surface area (Å²) in [7, 11) is 0. The van der Waals surface area contributed by atoms with Crippen LogP contribution in [0.5, 0.6) is 0 Å². The zero-order chi connectivity index (χ0) is 12.1. The van der Waals surface area contributed by atoms with Gasteiger partial charge in [0.1, 0.15) is 5.82 Å². The Hall–Kier alpha value is -1.07. The minimum absolute atomic E-state index is 0.0831. The summed E-state index contributed by atoms with van der Waals surface area (Å²) in [6.07, 6.45) is 0. The Morgan fingerprint density at radius 2 is 2.06 bits per heavy atom. The monoisotopic (exact) mass is 254 g/mol. The normalized spacial score (nSPS) is 15.9. The first kappa shape index (κ1) is 12.4. The minimum Gasteiger partial charge on any atom is -0.339 e. The summed E-state index contributed by atoms with van der Waals surface area (Å²) >= 11 is 1.26. The van der Waals surface area contributed by atoms with E-state index in [2.05, 4.69) is 5.32 Å². The molecule has 1 aliphatic rings. The fourth-order valence-corrected chi connectivity index (χ4v) is 2.55. The smallest absolute Gasteiger partial charge is 0.233 e. The number of nitrogens with zero attached hydrogens (tertiary/aromatic N) is 1. The summed E-state index contributed by atoms with van der Waals surface area (Å²) in [5, 5.41) is 3.19. The standard InChI is InChI=1S/C12H15FN2OS/c13-10-3-1-2-4-11(10)17-9-12(16)15-7-5-14-6-8-15/h1-4,14H,5-9H2. The first-order chi connectivity index (χ1) is 8.27. The fraction of sp³-hybridized carbons (Fsp3) is 0.417. The first-order valence-electron chi connectivity index (χ1n) is 5.63. The van der Waals surface area contributed by atoms with Crippen molar-refractivity contribution in [3.05, 3.63) is 30.1 Å². The van der Waals surface area contributed by atoms with Gasteiger partial charge in [0, 0.05) is 31.1 Å². The van der Waals surface area contributed by atoms with Crippen molar-refractivity contribution in [3.63, 3.8) is 0 Å². The van der Waals surface area contributed by atoms with Crippen LogP contribution in [0, 0.1) is 5.82 Å². The number of benzene rings is 1. The molecule has 0 aromatic heterocycles. The van der Waals surface area contributed by atoms with Crippen LogP contribution in [0.2, 0.25) is 0 Å². The number of carbonyl (C=O) groups is 1. The maximum Gasteiger partial charge on any atom is 0.233 e. The molecule has 3 nitrogen and oxygen atoms in total. The molecule has 0 spiro atoms. The summed E-state index contributed by atoms with van der Waals surface area (Å²) in [5.41, 5.74) is 0. The van der Waals surface area contributed by atoms with Gasteiger partial charge in [0.2, 0.25) is 5.91 Å². The van der Waals surface area contributed by atoms with Gasteiger partial charge in [-0.1, -0.05) is 12.1 Å². The lowest BCUT2D eigenvalue weighted by molar-refractivity contribution is -0.128. The maximum atomic E-state index is 13.3. The van der Waals surface area contributed by atoms with Crippen LogP contribution in [0.1, 0.15) is 0 Å². The van der Waals surface area contributed by atoms with E-state index in [1.54, 1.807) is 18.2 Å². The number of halogens is 1. The molecule has 1 fully saturated rings. The van der Waals surface area contributed by atoms with E-state index in [4.69, 9.17) is 0 Å². The van der Waals surface area contributed by atoms with Crippen LogP contribution in [0.25, 0.3) is 0 Å². The highest BCUT2D eigenvalue weighted by atomic mass is 32.2. The maximum absolute atomic E-state index is 13.3. The Labute approximate surface area is 104 Å². The molecule has 1 aromatic carbocycles. The number of thioether (sulfide) groups is 1. The lowest BCUT2D eigenvalue weighted by atomic mass is 10.3. The number of hydrogen-bond acceptors (Lipinski definition) is 3. The molecule has 1 aliphatic heterocycles. The summed E-state index contributed by atoms with van der Waals surface area (Å²) in [5.74, 6) is 0.131. The van der Waals surface area contributed by atoms with Crippen molar-refractivity contribution in [2.24, 2.45) is 0 Å². The van der Waals surface area contributed by atoms with Gasteiger partial charge < -0.3 is 10.2 Å². The second-order valence-electron chi connectivity index (χ2n) is 3.85. The van der Waals surface area contributed by atoms with E-state index in [9.17, 15) is 9.18 Å². The molecule has 17 heavy (non-hydrogen) atoms. The van der Waals surface area contributed by atoms with Crippen LogP contribution in [-0.4, -0.2) is 42.7 Å². The van der Waals surface area contributed by atoms with Gasteiger partial charge in [0.05, 0.1) is 5.75 Å². The van der Waals surface area contributed by atoms with Crippen LogP contribution in [0.3, 0.4) is 0 Å². The molecule has 1 N–H and O–H groups in total. The van der Waals surface area contributed by atoms with Gasteiger partial charge in [-0.2, -0.15) is 0 Å². The SMILES string of the molecule is O=C(CSc1ccccc1F)N1CCNCC1. The molecule has 1 saturated heterocycles. The van der Waals surface area contributed by atoms with Gasteiger partial charge in [-0.15, -0.1) is 11.8 Å². The number of hydrogen-bond donors (Lipinski definition) is 1. The highest BCUT2D eigenvalue weighted by molar-refractivity contribution is 8.00. The van der Waals surface area contributed by atoms with E-state index in [0.717, 1.165) is 26.2 Å². The molecule has 5 heteroatoms. The third-order valence-electron chi connectivity index (χ3n) is 2.66. The largest absolute Gasteiger partial charge is 0.339 e. The lowest BCUT2D eigenvalue weighted by Crippen LogP contribution is -2.47. The molecule has 0 radical (unpaired) electrons. The van der Waals surface area contributed by atoms with Crippen molar-refractivity contribution in [2.75, 3.05) is 31.9 Å². The Kier molecular flexibility index (Phi) is 4.39. The second-order valence-corrected chi connectivity index (χ2v) is 4.87. The quantitative estimate of drug-likeness (QED) is 0.826. The van der Waals surface area contributed by atoms with Crippen molar-refractivity contribution < 1.29 is 9.18 Å². The molecule has 0 bridgehead atoms. The molecular weight excluding hydrogens is 239 g/mol. The van der Waals surface area contributed by atoms with Gasteiger partial charge in [0.15, 0.2) is 0 Å². The molecule has 1 heterocycles. The Bertz CT molecular complexity index is 394. The fourth-order valence-electron chi connectivity index (χ4n) is 1.71. The number of rotatable bonds is 3. The Morgan fingerprint density at radius 1 is 1.35 bits per heavy atom. The van der Waals surface area contributed by atoms with Crippen molar-refractivity contribution in [1.82, 2.24) is 10.2 Å². The van der Waals surface area contributed by atoms with Gasteiger partial charge in [-0.25, -0.2) is 4.39 Å². The van der Waals surface area contributed by atoms with Gasteiger partial charge in [-0.3, -0.25) is 4.79 Å². The van der Waals surface area contributed by atoms with E-state index in [0.29, 0.717) is 10.6 Å². The first-order valence-corrected chi connectivity index (χ1v) is 6.62. The lowest BCUT2D eigenvalue weighted by Gasteiger charge is -2.27. The molecule has 0 aliphatic carbocycles. The third-order valence-corrected chi connectivity index (χ3v) is 3.69. The van der Waals surface area contributed by atoms with Gasteiger partial charge in [0.25, 0.3) is 0 Å². The van der Waals surface area contributed by atoms with Crippen LogP contribution >= 0.6 is 11.8 Å². The zero-order valence-electron chi connectivity index (χ0n) is 9.49. The van der Waals surface area contributed by atoms with Crippen LogP contribution in [0.15, 0.2) is 29.2 Å². The zero-order valence-corrected chi connectivity index (χ0v) is 10.3. The molecular formula is C12H15FN2OS. The van der Waals surface area contributed by atoms with E-state index in [1.807, 2.05) is 4.90 Å². The number of amides is 1. The molecule has 0 unspecified atom stereocenters. The Balaban J connectivity index is 1.85. The predicted molar refractivity (Wildman–Crippen MR) is 66.6 cm³/mol. The number of piperazine rings is 1. The summed E-state index contributed by atoms with van der Waals surface area (Å²) in [6, 6.07) is 6.54. The highest BCUT2D eigenvalue weighted by Crippen LogP contribution is 2.21. The van der Waals surface area contributed by atoms with E-state index < -0.39 is 0 Å².